The van der Waals surface area contributed by atoms with Crippen LogP contribution in [0.25, 0.3) is 10.9 Å². The summed E-state index contributed by atoms with van der Waals surface area (Å²) in [4.78, 5) is 20.7. The van der Waals surface area contributed by atoms with Crippen molar-refractivity contribution in [2.75, 3.05) is 44.2 Å². The van der Waals surface area contributed by atoms with Crippen LogP contribution in [0.3, 0.4) is 0 Å². The number of halogens is 3. The number of thioether (sulfide) groups is 1. The molecule has 2 aliphatic rings. The van der Waals surface area contributed by atoms with Crippen molar-refractivity contribution in [3.63, 3.8) is 0 Å². The number of nitrogens with zero attached hydrogens (tertiary/aromatic N) is 3. The summed E-state index contributed by atoms with van der Waals surface area (Å²) in [6.45, 7) is 9.49. The van der Waals surface area contributed by atoms with Crippen LogP contribution in [0.2, 0.25) is 0 Å². The fourth-order valence-electron chi connectivity index (χ4n) is 5.63. The molecule has 0 N–H and O–H groups in total. The topological polar surface area (TPSA) is 45.7 Å². The van der Waals surface area contributed by atoms with Gasteiger partial charge in [0.1, 0.15) is 5.76 Å². The molecule has 40 heavy (non-hydrogen) atoms. The van der Waals surface area contributed by atoms with Gasteiger partial charge in [0.2, 0.25) is 5.12 Å². The number of alkyl halides is 3. The number of fused-ring (bicyclic) bond motifs is 1. The maximum Gasteiger partial charge on any atom is 0.416 e. The van der Waals surface area contributed by atoms with Crippen LogP contribution in [-0.4, -0.2) is 59.6 Å². The van der Waals surface area contributed by atoms with Gasteiger partial charge in [0.05, 0.1) is 22.9 Å². The fourth-order valence-corrected chi connectivity index (χ4v) is 6.58. The van der Waals surface area contributed by atoms with E-state index < -0.39 is 11.7 Å². The van der Waals surface area contributed by atoms with Gasteiger partial charge in [0.15, 0.2) is 0 Å². The predicted molar refractivity (Wildman–Crippen MR) is 158 cm³/mol. The summed E-state index contributed by atoms with van der Waals surface area (Å²) < 4.78 is 45.3. The van der Waals surface area contributed by atoms with Gasteiger partial charge in [-0.05, 0) is 64.4 Å². The molecule has 0 saturated carbocycles. The summed E-state index contributed by atoms with van der Waals surface area (Å²) in [6.07, 6.45) is 7.98. The first-order valence-corrected chi connectivity index (χ1v) is 15.6. The van der Waals surface area contributed by atoms with E-state index in [1.807, 2.05) is 19.9 Å². The van der Waals surface area contributed by atoms with Gasteiger partial charge in [-0.2, -0.15) is 13.2 Å². The van der Waals surface area contributed by atoms with Crippen LogP contribution < -0.4 is 4.90 Å². The second kappa shape index (κ2) is 14.6. The fraction of sp³-hybridized carbons (Fsp3) is 0.613. The number of anilines is 1. The van der Waals surface area contributed by atoms with E-state index in [-0.39, 0.29) is 10.4 Å². The number of hydrogen-bond acceptors (Lipinski definition) is 6. The Kier molecular flexibility index (Phi) is 11.2. The lowest BCUT2D eigenvalue weighted by atomic mass is 10.1. The Bertz CT molecular complexity index is 1170. The van der Waals surface area contributed by atoms with Crippen LogP contribution in [0.5, 0.6) is 0 Å². The van der Waals surface area contributed by atoms with E-state index in [1.165, 1.54) is 56.7 Å². The molecule has 0 spiro atoms. The molecule has 9 heteroatoms. The Morgan fingerprint density at radius 3 is 2.40 bits per heavy atom. The lowest BCUT2D eigenvalue weighted by Crippen LogP contribution is -2.31. The van der Waals surface area contributed by atoms with Gasteiger partial charge in [-0.25, -0.2) is 0 Å². The molecule has 0 amide bonds. The summed E-state index contributed by atoms with van der Waals surface area (Å²) in [5, 5.41) is 1.08. The van der Waals surface area contributed by atoms with Gasteiger partial charge in [-0.1, -0.05) is 56.4 Å². The van der Waals surface area contributed by atoms with E-state index in [0.717, 1.165) is 80.1 Å². The van der Waals surface area contributed by atoms with E-state index in [9.17, 15) is 18.0 Å². The number of rotatable bonds is 13. The quantitative estimate of drug-likeness (QED) is 0.226. The third-order valence-corrected chi connectivity index (χ3v) is 9.02. The molecular weight excluding hydrogens is 535 g/mol. The maximum absolute atomic E-state index is 13.1. The Morgan fingerprint density at radius 1 is 0.975 bits per heavy atom. The highest BCUT2D eigenvalue weighted by atomic mass is 32.2. The average molecular weight is 578 g/mol. The largest absolute Gasteiger partial charge is 0.496 e. The number of carbonyl (C=O) groups is 1. The number of pyridine rings is 1. The van der Waals surface area contributed by atoms with Crippen molar-refractivity contribution in [2.45, 2.75) is 83.1 Å². The van der Waals surface area contributed by atoms with Gasteiger partial charge in [0.25, 0.3) is 0 Å². The Morgan fingerprint density at radius 2 is 1.70 bits per heavy atom. The molecule has 5 nitrogen and oxygen atoms in total. The number of unbranched alkanes of at least 4 members (excludes halogenated alkanes) is 7. The van der Waals surface area contributed by atoms with E-state index in [4.69, 9.17) is 4.74 Å². The minimum atomic E-state index is -4.36. The van der Waals surface area contributed by atoms with Crippen molar-refractivity contribution in [1.29, 1.82) is 0 Å². The molecule has 2 aliphatic heterocycles. The Balaban J connectivity index is 1.08. The lowest BCUT2D eigenvalue weighted by Gasteiger charge is -2.25. The van der Waals surface area contributed by atoms with Crippen LogP contribution in [-0.2, 0) is 15.7 Å². The van der Waals surface area contributed by atoms with Crippen molar-refractivity contribution >= 4 is 33.5 Å². The molecule has 3 heterocycles. The predicted octanol–water partition coefficient (Wildman–Crippen LogP) is 7.84. The molecule has 1 fully saturated rings. The van der Waals surface area contributed by atoms with E-state index in [2.05, 4.69) is 14.8 Å². The highest BCUT2D eigenvalue weighted by Crippen LogP contribution is 2.35. The first-order chi connectivity index (χ1) is 19.2. The lowest BCUT2D eigenvalue weighted by molar-refractivity contribution is -0.137. The summed E-state index contributed by atoms with van der Waals surface area (Å²) in [5.74, 6) is 0.876. The standard InChI is InChI=1S/C31H42F3N3O2S/c1-23-29(24(2)40-30(23)38)39-21-10-8-6-4-3-5-7-9-16-36-17-11-18-37(20-19-36)28-14-15-35-27-22-25(31(32,33)34)12-13-26(27)28/h12-15,22,24H,3-11,16-21H2,1-2H3. The van der Waals surface area contributed by atoms with Gasteiger partial charge in [-0.15, -0.1) is 0 Å². The van der Waals surface area contributed by atoms with Crippen molar-refractivity contribution in [3.05, 3.63) is 47.4 Å². The van der Waals surface area contributed by atoms with E-state index in [1.54, 1.807) is 12.3 Å². The van der Waals surface area contributed by atoms with Crippen LogP contribution >= 0.6 is 11.8 Å². The smallest absolute Gasteiger partial charge is 0.416 e. The van der Waals surface area contributed by atoms with Gasteiger partial charge in [0, 0.05) is 42.5 Å². The molecule has 220 valence electrons. The SMILES string of the molecule is CC1=C(OCCCCCCCCCCN2CCCN(c3ccnc4cc(C(F)(F)F)ccc34)CC2)C(C)SC1=O. The number of aromatic nitrogens is 1. The molecule has 1 atom stereocenters. The molecule has 4 rings (SSSR count). The number of hydrogen-bond donors (Lipinski definition) is 0. The Hall–Kier alpha value is -2.26. The summed E-state index contributed by atoms with van der Waals surface area (Å²) in [6, 6.07) is 5.80. The summed E-state index contributed by atoms with van der Waals surface area (Å²) >= 11 is 1.35. The average Bonchev–Trinajstić information content (AvgIpc) is 3.07. The molecule has 1 aromatic carbocycles. The highest BCUT2D eigenvalue weighted by molar-refractivity contribution is 8.15. The maximum atomic E-state index is 13.1. The molecule has 0 aliphatic carbocycles. The monoisotopic (exact) mass is 577 g/mol. The zero-order chi connectivity index (χ0) is 28.5. The van der Waals surface area contributed by atoms with Crippen molar-refractivity contribution in [3.8, 4) is 0 Å². The highest BCUT2D eigenvalue weighted by Gasteiger charge is 2.31. The van der Waals surface area contributed by atoms with Crippen LogP contribution in [0.4, 0.5) is 18.9 Å². The van der Waals surface area contributed by atoms with E-state index >= 15 is 0 Å². The molecule has 0 radical (unpaired) electrons. The van der Waals surface area contributed by atoms with Crippen LogP contribution in [0, 0.1) is 0 Å². The molecule has 2 aromatic rings. The zero-order valence-electron chi connectivity index (χ0n) is 23.8. The van der Waals surface area contributed by atoms with Gasteiger partial charge >= 0.3 is 6.18 Å². The normalized spacial score (nSPS) is 19.1. The first-order valence-electron chi connectivity index (χ1n) is 14.7. The van der Waals surface area contributed by atoms with Crippen LogP contribution in [0.1, 0.15) is 77.2 Å². The molecule has 0 bridgehead atoms. The van der Waals surface area contributed by atoms with Crippen molar-refractivity contribution in [1.82, 2.24) is 9.88 Å². The minimum Gasteiger partial charge on any atom is -0.496 e. The van der Waals surface area contributed by atoms with Gasteiger partial charge < -0.3 is 14.5 Å². The third kappa shape index (κ3) is 8.38. The Labute approximate surface area is 240 Å². The minimum absolute atomic E-state index is 0.146. The second-order valence-electron chi connectivity index (χ2n) is 11.0. The second-order valence-corrected chi connectivity index (χ2v) is 12.3. The number of ether oxygens (including phenoxy) is 1. The molecule has 1 aromatic heterocycles. The summed E-state index contributed by atoms with van der Waals surface area (Å²) in [5.41, 5.74) is 1.49. The van der Waals surface area contributed by atoms with Gasteiger partial charge in [-0.3, -0.25) is 9.78 Å². The zero-order valence-corrected chi connectivity index (χ0v) is 24.6. The number of benzene rings is 1. The first kappa shape index (κ1) is 30.7. The molecule has 1 unspecified atom stereocenters. The third-order valence-electron chi connectivity index (χ3n) is 7.93. The number of carbonyl (C=O) groups excluding carboxylic acids is 1. The van der Waals surface area contributed by atoms with Crippen LogP contribution in [0.15, 0.2) is 41.8 Å². The molecule has 1 saturated heterocycles. The summed E-state index contributed by atoms with van der Waals surface area (Å²) in [7, 11) is 0. The van der Waals surface area contributed by atoms with Crippen molar-refractivity contribution < 1.29 is 22.7 Å². The van der Waals surface area contributed by atoms with Crippen molar-refractivity contribution in [2.24, 2.45) is 0 Å². The van der Waals surface area contributed by atoms with E-state index in [0.29, 0.717) is 12.1 Å². The molecular formula is C31H42F3N3O2S.